The van der Waals surface area contributed by atoms with E-state index in [2.05, 4.69) is 43.0 Å². The molecule has 1 atom stereocenters. The number of nitrogens with zero attached hydrogens (tertiary/aromatic N) is 1. The molecule has 0 aliphatic carbocycles. The van der Waals surface area contributed by atoms with E-state index in [4.69, 9.17) is 0 Å². The Labute approximate surface area is 182 Å². The number of pyridine rings is 1. The Balaban J connectivity index is 0.00000256. The monoisotopic (exact) mass is 422 g/mol. The van der Waals surface area contributed by atoms with Gasteiger partial charge in [0.25, 0.3) is 5.56 Å². The number of aryl methyl sites for hydroxylation is 2. The highest BCUT2D eigenvalue weighted by molar-refractivity contribution is 6.14. The zero-order valence-corrected chi connectivity index (χ0v) is 18.7. The fourth-order valence-electron chi connectivity index (χ4n) is 3.99. The van der Waals surface area contributed by atoms with E-state index in [0.29, 0.717) is 11.4 Å². The smallest absolute Gasteiger partial charge is 0.256 e. The average molecular weight is 423 g/mol. The van der Waals surface area contributed by atoms with Gasteiger partial charge < -0.3 is 15.0 Å². The fourth-order valence-corrected chi connectivity index (χ4v) is 3.99. The minimum atomic E-state index is -0.105. The van der Waals surface area contributed by atoms with Crippen molar-refractivity contribution >= 4 is 34.1 Å². The third-order valence-electron chi connectivity index (χ3n) is 5.89. The number of fused-ring (bicyclic) bond motifs is 3. The quantitative estimate of drug-likeness (QED) is 0.415. The first-order chi connectivity index (χ1) is 13.8. The number of hydrogen-bond acceptors (Lipinski definition) is 3. The number of nitrogens with one attached hydrogen (secondary N) is 1. The summed E-state index contributed by atoms with van der Waals surface area (Å²) < 4.78 is 0. The Kier molecular flexibility index (Phi) is 5.93. The Morgan fingerprint density at radius 2 is 1.63 bits per heavy atom. The van der Waals surface area contributed by atoms with Gasteiger partial charge in [-0.3, -0.25) is 4.79 Å². The van der Waals surface area contributed by atoms with Crippen LogP contribution in [0.2, 0.25) is 0 Å². The van der Waals surface area contributed by atoms with Crippen LogP contribution >= 0.6 is 12.4 Å². The first-order valence-corrected chi connectivity index (χ1v) is 9.83. The van der Waals surface area contributed by atoms with E-state index in [1.165, 1.54) is 5.56 Å². The van der Waals surface area contributed by atoms with Gasteiger partial charge in [-0.1, -0.05) is 42.0 Å². The fraction of sp³-hybridized carbons (Fsp3) is 0.240. The minimum Gasteiger partial charge on any atom is -0.507 e. The minimum absolute atomic E-state index is 0. The lowest BCUT2D eigenvalue weighted by Gasteiger charge is -2.20. The van der Waals surface area contributed by atoms with Gasteiger partial charge in [0.1, 0.15) is 5.75 Å². The highest BCUT2D eigenvalue weighted by atomic mass is 35.5. The van der Waals surface area contributed by atoms with Gasteiger partial charge in [0, 0.05) is 22.4 Å². The lowest BCUT2D eigenvalue weighted by atomic mass is 9.92. The number of phenols is 1. The zero-order valence-electron chi connectivity index (χ0n) is 17.9. The van der Waals surface area contributed by atoms with Gasteiger partial charge in [0.05, 0.1) is 5.52 Å². The van der Waals surface area contributed by atoms with E-state index in [1.807, 2.05) is 44.2 Å². The average Bonchev–Trinajstić information content (AvgIpc) is 2.69. The second-order valence-corrected chi connectivity index (χ2v) is 8.10. The Bertz CT molecular complexity index is 1290. The van der Waals surface area contributed by atoms with Gasteiger partial charge in [-0.25, -0.2) is 0 Å². The van der Waals surface area contributed by atoms with Crippen LogP contribution in [-0.4, -0.2) is 29.1 Å². The number of halogens is 1. The molecule has 0 saturated heterocycles. The van der Waals surface area contributed by atoms with Gasteiger partial charge in [0.15, 0.2) is 0 Å². The van der Waals surface area contributed by atoms with Crippen LogP contribution in [0.1, 0.15) is 29.7 Å². The van der Waals surface area contributed by atoms with Gasteiger partial charge in [-0.05, 0) is 69.1 Å². The van der Waals surface area contributed by atoms with Crippen molar-refractivity contribution in [3.8, 4) is 16.9 Å². The molecule has 0 amide bonds. The number of benzene rings is 3. The molecule has 4 nitrogen and oxygen atoms in total. The molecule has 0 bridgehead atoms. The van der Waals surface area contributed by atoms with Crippen molar-refractivity contribution in [2.45, 2.75) is 26.8 Å². The summed E-state index contributed by atoms with van der Waals surface area (Å²) in [5, 5.41) is 13.3. The van der Waals surface area contributed by atoms with E-state index in [1.54, 1.807) is 6.07 Å². The Morgan fingerprint density at radius 3 is 2.27 bits per heavy atom. The van der Waals surface area contributed by atoms with Crippen LogP contribution in [0, 0.1) is 13.8 Å². The van der Waals surface area contributed by atoms with Crippen molar-refractivity contribution in [1.82, 2.24) is 9.88 Å². The lowest BCUT2D eigenvalue weighted by molar-refractivity contribution is 0.321. The SMILES string of the molecule is Cc1ccc2c(c1)c(=O)[nH]c1c(C)cc(O)c(-c3ccc([C@@H](C)N(C)C)cc3)c12.Cl. The normalized spacial score (nSPS) is 12.3. The molecule has 2 N–H and O–H groups in total. The van der Waals surface area contributed by atoms with Crippen LogP contribution in [0.5, 0.6) is 5.75 Å². The predicted octanol–water partition coefficient (Wildman–Crippen LogP) is 5.72. The maximum absolute atomic E-state index is 12.7. The molecule has 156 valence electrons. The molecule has 5 heteroatoms. The summed E-state index contributed by atoms with van der Waals surface area (Å²) in [7, 11) is 4.12. The first kappa shape index (κ1) is 21.9. The summed E-state index contributed by atoms with van der Waals surface area (Å²) in [6.07, 6.45) is 0. The van der Waals surface area contributed by atoms with E-state index in [-0.39, 0.29) is 23.7 Å². The van der Waals surface area contributed by atoms with E-state index < -0.39 is 0 Å². The van der Waals surface area contributed by atoms with E-state index in [0.717, 1.165) is 38.5 Å². The standard InChI is InChI=1S/C25H26N2O2.ClH/c1-14-6-11-19-20(12-14)25(29)26-24-15(2)13-21(28)22(23(19)24)18-9-7-17(8-10-18)16(3)27(4)5;/h6-13,16,28H,1-5H3,(H,26,29);1H/t16-;/m1./s1. The van der Waals surface area contributed by atoms with Gasteiger partial charge in [-0.2, -0.15) is 0 Å². The molecular formula is C25H27ClN2O2. The molecule has 0 radical (unpaired) electrons. The van der Waals surface area contributed by atoms with Gasteiger partial charge in [-0.15, -0.1) is 12.4 Å². The topological polar surface area (TPSA) is 56.3 Å². The zero-order chi connectivity index (χ0) is 20.9. The molecule has 4 aromatic rings. The largest absolute Gasteiger partial charge is 0.507 e. The van der Waals surface area contributed by atoms with E-state index >= 15 is 0 Å². The summed E-state index contributed by atoms with van der Waals surface area (Å²) in [5.74, 6) is 0.220. The van der Waals surface area contributed by atoms with Crippen molar-refractivity contribution in [3.05, 3.63) is 75.6 Å². The molecule has 1 heterocycles. The van der Waals surface area contributed by atoms with E-state index in [9.17, 15) is 9.90 Å². The molecule has 0 aliphatic rings. The number of hydrogen-bond donors (Lipinski definition) is 2. The van der Waals surface area contributed by atoms with Crippen molar-refractivity contribution in [2.24, 2.45) is 0 Å². The molecule has 0 fully saturated rings. The summed E-state index contributed by atoms with van der Waals surface area (Å²) in [5.41, 5.74) is 5.43. The van der Waals surface area contributed by atoms with Crippen LogP contribution in [0.4, 0.5) is 0 Å². The number of phenolic OH excluding ortho intramolecular Hbond substituents is 1. The maximum Gasteiger partial charge on any atom is 0.256 e. The van der Waals surface area contributed by atoms with Gasteiger partial charge in [0.2, 0.25) is 0 Å². The second-order valence-electron chi connectivity index (χ2n) is 8.10. The third kappa shape index (κ3) is 3.57. The number of aromatic nitrogens is 1. The summed E-state index contributed by atoms with van der Waals surface area (Å²) in [6, 6.07) is 16.2. The molecule has 3 aromatic carbocycles. The molecular weight excluding hydrogens is 396 g/mol. The highest BCUT2D eigenvalue weighted by Crippen LogP contribution is 2.40. The highest BCUT2D eigenvalue weighted by Gasteiger charge is 2.17. The molecule has 0 spiro atoms. The third-order valence-corrected chi connectivity index (χ3v) is 5.89. The molecule has 4 rings (SSSR count). The Hall–Kier alpha value is -2.82. The Morgan fingerprint density at radius 1 is 0.967 bits per heavy atom. The maximum atomic E-state index is 12.7. The summed E-state index contributed by atoms with van der Waals surface area (Å²) in [4.78, 5) is 17.9. The summed E-state index contributed by atoms with van der Waals surface area (Å²) >= 11 is 0. The molecule has 30 heavy (non-hydrogen) atoms. The number of aromatic hydroxyl groups is 1. The summed E-state index contributed by atoms with van der Waals surface area (Å²) in [6.45, 7) is 6.04. The van der Waals surface area contributed by atoms with Crippen molar-refractivity contribution < 1.29 is 5.11 Å². The van der Waals surface area contributed by atoms with Crippen LogP contribution < -0.4 is 5.56 Å². The molecule has 0 unspecified atom stereocenters. The number of H-pyrrole nitrogens is 1. The van der Waals surface area contributed by atoms with Crippen LogP contribution in [0.3, 0.4) is 0 Å². The number of aromatic amines is 1. The van der Waals surface area contributed by atoms with Crippen molar-refractivity contribution in [2.75, 3.05) is 14.1 Å². The molecule has 1 aromatic heterocycles. The second kappa shape index (κ2) is 8.13. The predicted molar refractivity (Wildman–Crippen MR) is 128 cm³/mol. The number of rotatable bonds is 3. The molecule has 0 aliphatic heterocycles. The van der Waals surface area contributed by atoms with Crippen LogP contribution in [-0.2, 0) is 0 Å². The van der Waals surface area contributed by atoms with Gasteiger partial charge >= 0.3 is 0 Å². The first-order valence-electron chi connectivity index (χ1n) is 9.83. The van der Waals surface area contributed by atoms with Crippen molar-refractivity contribution in [1.29, 1.82) is 0 Å². The molecule has 0 saturated carbocycles. The lowest BCUT2D eigenvalue weighted by Crippen LogP contribution is -2.16. The van der Waals surface area contributed by atoms with Crippen LogP contribution in [0.15, 0.2) is 53.3 Å². The van der Waals surface area contributed by atoms with Crippen molar-refractivity contribution in [3.63, 3.8) is 0 Å². The van der Waals surface area contributed by atoms with Crippen LogP contribution in [0.25, 0.3) is 32.8 Å².